The minimum atomic E-state index is -0.400. The molecule has 0 fully saturated rings. The summed E-state index contributed by atoms with van der Waals surface area (Å²) < 4.78 is 10.7. The number of benzene rings is 2. The Morgan fingerprint density at radius 3 is 2.58 bits per heavy atom. The van der Waals surface area contributed by atoms with Gasteiger partial charge in [0.25, 0.3) is 5.91 Å². The third-order valence-corrected chi connectivity index (χ3v) is 3.38. The first-order valence-electron chi connectivity index (χ1n) is 7.21. The lowest BCUT2D eigenvalue weighted by Crippen LogP contribution is -2.24. The Kier molecular flexibility index (Phi) is 6.90. The van der Waals surface area contributed by atoms with Crippen molar-refractivity contribution < 1.29 is 14.3 Å². The number of halogens is 2. The third kappa shape index (κ3) is 5.76. The minimum absolute atomic E-state index is 0.206. The molecule has 1 amide bonds. The van der Waals surface area contributed by atoms with Gasteiger partial charge in [0.15, 0.2) is 6.61 Å². The second-order valence-corrected chi connectivity index (χ2v) is 5.50. The van der Waals surface area contributed by atoms with E-state index in [9.17, 15) is 4.79 Å². The van der Waals surface area contributed by atoms with Gasteiger partial charge in [-0.15, -0.1) is 0 Å². The molecule has 1 N–H and O–H groups in total. The van der Waals surface area contributed by atoms with E-state index in [-0.39, 0.29) is 6.61 Å². The summed E-state index contributed by atoms with van der Waals surface area (Å²) in [6, 6.07) is 12.1. The van der Waals surface area contributed by atoms with Crippen LogP contribution in [0, 0.1) is 0 Å². The summed E-state index contributed by atoms with van der Waals surface area (Å²) in [4.78, 5) is 11.7. The summed E-state index contributed by atoms with van der Waals surface area (Å²) in [5.74, 6) is 0.766. The highest BCUT2D eigenvalue weighted by molar-refractivity contribution is 6.35. The number of rotatable bonds is 7. The van der Waals surface area contributed by atoms with Crippen molar-refractivity contribution in [3.8, 4) is 11.5 Å². The fraction of sp³-hybridized carbons (Fsp3) is 0.176. The summed E-state index contributed by atoms with van der Waals surface area (Å²) in [6.07, 6.45) is 1.53. The molecule has 24 heavy (non-hydrogen) atoms. The molecule has 0 aliphatic heterocycles. The number of hydrogen-bond acceptors (Lipinski definition) is 4. The molecule has 2 rings (SSSR count). The van der Waals surface area contributed by atoms with Crippen LogP contribution in [0.3, 0.4) is 0 Å². The number of hydrazone groups is 1. The maximum atomic E-state index is 11.7. The third-order valence-electron chi connectivity index (χ3n) is 2.85. The average Bonchev–Trinajstić information content (AvgIpc) is 2.56. The predicted molar refractivity (Wildman–Crippen MR) is 95.3 cm³/mol. The van der Waals surface area contributed by atoms with Crippen molar-refractivity contribution in [3.63, 3.8) is 0 Å². The molecule has 0 saturated heterocycles. The number of nitrogens with zero attached hydrogens (tertiary/aromatic N) is 1. The molecule has 0 saturated carbocycles. The maximum Gasteiger partial charge on any atom is 0.277 e. The SMILES string of the molecule is CCOc1ccc(/C=N\NC(=O)COc2ccc(Cl)cc2Cl)cc1. The number of ether oxygens (including phenoxy) is 2. The molecular weight excluding hydrogens is 351 g/mol. The molecule has 0 radical (unpaired) electrons. The Bertz CT molecular complexity index is 718. The largest absolute Gasteiger partial charge is 0.494 e. The summed E-state index contributed by atoms with van der Waals surface area (Å²) in [5.41, 5.74) is 3.21. The number of carbonyl (C=O) groups is 1. The molecule has 0 bridgehead atoms. The zero-order valence-electron chi connectivity index (χ0n) is 13.0. The lowest BCUT2D eigenvalue weighted by atomic mass is 10.2. The lowest BCUT2D eigenvalue weighted by molar-refractivity contribution is -0.123. The van der Waals surface area contributed by atoms with E-state index in [1.54, 1.807) is 18.2 Å². The molecule has 0 aromatic heterocycles. The summed E-state index contributed by atoms with van der Waals surface area (Å²) in [6.45, 7) is 2.33. The molecule has 126 valence electrons. The van der Waals surface area contributed by atoms with E-state index in [0.29, 0.717) is 22.4 Å². The Balaban J connectivity index is 1.80. The Labute approximate surface area is 150 Å². The van der Waals surface area contributed by atoms with Crippen LogP contribution in [-0.4, -0.2) is 25.3 Å². The molecule has 2 aromatic rings. The van der Waals surface area contributed by atoms with Gasteiger partial charge in [0.1, 0.15) is 11.5 Å². The zero-order chi connectivity index (χ0) is 17.4. The van der Waals surface area contributed by atoms with Gasteiger partial charge in [0.05, 0.1) is 17.8 Å². The van der Waals surface area contributed by atoms with E-state index in [4.69, 9.17) is 32.7 Å². The first kappa shape index (κ1) is 18.1. The van der Waals surface area contributed by atoms with Crippen LogP contribution >= 0.6 is 23.2 Å². The van der Waals surface area contributed by atoms with E-state index in [0.717, 1.165) is 11.3 Å². The zero-order valence-corrected chi connectivity index (χ0v) is 14.5. The smallest absolute Gasteiger partial charge is 0.277 e. The molecule has 2 aromatic carbocycles. The van der Waals surface area contributed by atoms with Crippen molar-refractivity contribution in [2.24, 2.45) is 5.10 Å². The van der Waals surface area contributed by atoms with Crippen LogP contribution in [0.1, 0.15) is 12.5 Å². The van der Waals surface area contributed by atoms with Crippen molar-refractivity contribution in [2.75, 3.05) is 13.2 Å². The van der Waals surface area contributed by atoms with Gasteiger partial charge in [0.2, 0.25) is 0 Å². The number of hydrogen-bond donors (Lipinski definition) is 1. The molecule has 0 heterocycles. The highest BCUT2D eigenvalue weighted by Gasteiger charge is 2.05. The molecular formula is C17H16Cl2N2O3. The fourth-order valence-corrected chi connectivity index (χ4v) is 2.23. The Morgan fingerprint density at radius 2 is 1.92 bits per heavy atom. The summed E-state index contributed by atoms with van der Waals surface area (Å²) >= 11 is 11.7. The van der Waals surface area contributed by atoms with E-state index in [1.807, 2.05) is 31.2 Å². The Hall–Kier alpha value is -2.24. The molecule has 0 atom stereocenters. The van der Waals surface area contributed by atoms with Crippen molar-refractivity contribution >= 4 is 35.3 Å². The van der Waals surface area contributed by atoms with Crippen LogP contribution in [0.15, 0.2) is 47.6 Å². The standard InChI is InChI=1S/C17H16Cl2N2O3/c1-2-23-14-6-3-12(4-7-14)10-20-21-17(22)11-24-16-8-5-13(18)9-15(16)19/h3-10H,2,11H2,1H3,(H,21,22)/b20-10-. The molecule has 7 heteroatoms. The average molecular weight is 367 g/mol. The van der Waals surface area contributed by atoms with Crippen molar-refractivity contribution in [1.82, 2.24) is 5.43 Å². The molecule has 0 spiro atoms. The number of carbonyl (C=O) groups excluding carboxylic acids is 1. The second-order valence-electron chi connectivity index (χ2n) is 4.66. The van der Waals surface area contributed by atoms with Crippen LogP contribution in [0.5, 0.6) is 11.5 Å². The van der Waals surface area contributed by atoms with Gasteiger partial charge in [-0.2, -0.15) is 5.10 Å². The van der Waals surface area contributed by atoms with E-state index >= 15 is 0 Å². The first-order chi connectivity index (χ1) is 11.6. The normalized spacial score (nSPS) is 10.6. The summed E-state index contributed by atoms with van der Waals surface area (Å²) in [7, 11) is 0. The fourth-order valence-electron chi connectivity index (χ4n) is 1.76. The van der Waals surface area contributed by atoms with Crippen molar-refractivity contribution in [1.29, 1.82) is 0 Å². The van der Waals surface area contributed by atoms with Gasteiger partial charge in [-0.1, -0.05) is 23.2 Å². The minimum Gasteiger partial charge on any atom is -0.494 e. The van der Waals surface area contributed by atoms with Gasteiger partial charge in [-0.25, -0.2) is 5.43 Å². The van der Waals surface area contributed by atoms with Crippen molar-refractivity contribution in [3.05, 3.63) is 58.1 Å². The van der Waals surface area contributed by atoms with E-state index < -0.39 is 5.91 Å². The van der Waals surface area contributed by atoms with Gasteiger partial charge < -0.3 is 9.47 Å². The van der Waals surface area contributed by atoms with Crippen LogP contribution in [0.4, 0.5) is 0 Å². The highest BCUT2D eigenvalue weighted by atomic mass is 35.5. The monoisotopic (exact) mass is 366 g/mol. The number of nitrogens with one attached hydrogen (secondary N) is 1. The van der Waals surface area contributed by atoms with E-state index in [2.05, 4.69) is 10.5 Å². The molecule has 5 nitrogen and oxygen atoms in total. The van der Waals surface area contributed by atoms with Gasteiger partial charge >= 0.3 is 0 Å². The van der Waals surface area contributed by atoms with Crippen LogP contribution in [-0.2, 0) is 4.79 Å². The Morgan fingerprint density at radius 1 is 1.17 bits per heavy atom. The summed E-state index contributed by atoms with van der Waals surface area (Å²) in [5, 5.41) is 4.70. The van der Waals surface area contributed by atoms with Gasteiger partial charge in [-0.3, -0.25) is 4.79 Å². The second kappa shape index (κ2) is 9.15. The molecule has 0 aliphatic carbocycles. The maximum absolute atomic E-state index is 11.7. The highest BCUT2D eigenvalue weighted by Crippen LogP contribution is 2.27. The van der Waals surface area contributed by atoms with Crippen LogP contribution in [0.2, 0.25) is 10.0 Å². The quantitative estimate of drug-likeness (QED) is 0.596. The van der Waals surface area contributed by atoms with Crippen LogP contribution < -0.4 is 14.9 Å². The number of amides is 1. The van der Waals surface area contributed by atoms with Crippen LogP contribution in [0.25, 0.3) is 0 Å². The first-order valence-corrected chi connectivity index (χ1v) is 7.96. The molecule has 0 unspecified atom stereocenters. The topological polar surface area (TPSA) is 59.9 Å². The van der Waals surface area contributed by atoms with Crippen molar-refractivity contribution in [2.45, 2.75) is 6.92 Å². The van der Waals surface area contributed by atoms with Gasteiger partial charge in [-0.05, 0) is 55.0 Å². The van der Waals surface area contributed by atoms with E-state index in [1.165, 1.54) is 6.21 Å². The lowest BCUT2D eigenvalue weighted by Gasteiger charge is -2.07. The van der Waals surface area contributed by atoms with Gasteiger partial charge in [0, 0.05) is 5.02 Å². The predicted octanol–water partition coefficient (Wildman–Crippen LogP) is 3.92. The molecule has 0 aliphatic rings.